The van der Waals surface area contributed by atoms with Gasteiger partial charge in [0.2, 0.25) is 10.0 Å². The number of carbonyl (C=O) groups excluding carboxylic acids is 1. The molecule has 0 fully saturated rings. The number of fused-ring (bicyclic) bond motifs is 1. The molecule has 1 N–H and O–H groups in total. The van der Waals surface area contributed by atoms with Crippen LogP contribution >= 0.6 is 0 Å². The Bertz CT molecular complexity index is 939. The summed E-state index contributed by atoms with van der Waals surface area (Å²) in [6.07, 6.45) is 0.571. The highest BCUT2D eigenvalue weighted by Gasteiger charge is 2.37. The van der Waals surface area contributed by atoms with Gasteiger partial charge in [-0.1, -0.05) is 30.3 Å². The van der Waals surface area contributed by atoms with Crippen molar-refractivity contribution < 1.29 is 23.1 Å². The number of sulfonamides is 1. The monoisotopic (exact) mass is 375 g/mol. The highest BCUT2D eigenvalue weighted by Crippen LogP contribution is 2.35. The fourth-order valence-corrected chi connectivity index (χ4v) is 5.30. The van der Waals surface area contributed by atoms with E-state index in [-0.39, 0.29) is 23.6 Å². The lowest BCUT2D eigenvalue weighted by molar-refractivity contribution is 0.0599. The van der Waals surface area contributed by atoms with Crippen molar-refractivity contribution in [2.24, 2.45) is 0 Å². The zero-order valence-corrected chi connectivity index (χ0v) is 15.5. The smallest absolute Gasteiger partial charge is 0.338 e. The molecule has 0 aliphatic carbocycles. The van der Waals surface area contributed by atoms with Crippen LogP contribution in [0.25, 0.3) is 0 Å². The van der Waals surface area contributed by atoms with Crippen molar-refractivity contribution in [1.29, 1.82) is 0 Å². The Labute approximate surface area is 153 Å². The fourth-order valence-electron chi connectivity index (χ4n) is 3.46. The maximum atomic E-state index is 13.3. The lowest BCUT2D eigenvalue weighted by atomic mass is 9.95. The van der Waals surface area contributed by atoms with E-state index in [1.165, 1.54) is 29.6 Å². The van der Waals surface area contributed by atoms with Gasteiger partial charge in [0.05, 0.1) is 30.2 Å². The lowest BCUT2D eigenvalue weighted by Crippen LogP contribution is -2.41. The lowest BCUT2D eigenvalue weighted by Gasteiger charge is -2.35. The Hall–Kier alpha value is -2.22. The van der Waals surface area contributed by atoms with Gasteiger partial charge in [-0.25, -0.2) is 13.2 Å². The van der Waals surface area contributed by atoms with E-state index >= 15 is 0 Å². The number of methoxy groups -OCH3 is 1. The van der Waals surface area contributed by atoms with Crippen molar-refractivity contribution >= 4 is 16.0 Å². The fraction of sp³-hybridized carbons (Fsp3) is 0.316. The van der Waals surface area contributed by atoms with Crippen molar-refractivity contribution in [2.75, 3.05) is 20.3 Å². The summed E-state index contributed by atoms with van der Waals surface area (Å²) < 4.78 is 32.7. The van der Waals surface area contributed by atoms with Gasteiger partial charge in [0.15, 0.2) is 0 Å². The Morgan fingerprint density at radius 3 is 2.65 bits per heavy atom. The average Bonchev–Trinajstić information content (AvgIpc) is 2.66. The Kier molecular flexibility index (Phi) is 5.13. The second-order valence-corrected chi connectivity index (χ2v) is 8.04. The third-order valence-electron chi connectivity index (χ3n) is 4.81. The molecule has 1 aliphatic heterocycles. The summed E-state index contributed by atoms with van der Waals surface area (Å²) >= 11 is 0. The Morgan fingerprint density at radius 2 is 1.96 bits per heavy atom. The minimum absolute atomic E-state index is 0.0539. The van der Waals surface area contributed by atoms with Crippen molar-refractivity contribution in [3.05, 3.63) is 64.7 Å². The quantitative estimate of drug-likeness (QED) is 0.827. The van der Waals surface area contributed by atoms with Crippen LogP contribution in [0.3, 0.4) is 0 Å². The molecule has 0 amide bonds. The van der Waals surface area contributed by atoms with E-state index in [0.29, 0.717) is 12.0 Å². The van der Waals surface area contributed by atoms with Crippen molar-refractivity contribution in [2.45, 2.75) is 24.3 Å². The van der Waals surface area contributed by atoms with E-state index < -0.39 is 22.0 Å². The molecule has 26 heavy (non-hydrogen) atoms. The number of esters is 1. The van der Waals surface area contributed by atoms with E-state index in [9.17, 15) is 18.3 Å². The summed E-state index contributed by atoms with van der Waals surface area (Å²) in [7, 11) is -2.64. The molecule has 0 saturated carbocycles. The van der Waals surface area contributed by atoms with Crippen molar-refractivity contribution in [3.8, 4) is 0 Å². The van der Waals surface area contributed by atoms with Crippen molar-refractivity contribution in [3.63, 3.8) is 0 Å². The first kappa shape index (κ1) is 18.6. The minimum atomic E-state index is -3.90. The van der Waals surface area contributed by atoms with Crippen molar-refractivity contribution in [1.82, 2.24) is 4.31 Å². The Balaban J connectivity index is 2.08. The second-order valence-electron chi connectivity index (χ2n) is 6.18. The number of ether oxygens (including phenoxy) is 1. The van der Waals surface area contributed by atoms with Gasteiger partial charge in [-0.15, -0.1) is 0 Å². The van der Waals surface area contributed by atoms with Gasteiger partial charge in [-0.2, -0.15) is 4.31 Å². The molecule has 7 heteroatoms. The predicted octanol–water partition coefficient (Wildman–Crippen LogP) is 2.06. The highest BCUT2D eigenvalue weighted by atomic mass is 32.2. The molecule has 1 aliphatic rings. The summed E-state index contributed by atoms with van der Waals surface area (Å²) in [5, 5.41) is 9.89. The van der Waals surface area contributed by atoms with E-state index in [4.69, 9.17) is 4.74 Å². The summed E-state index contributed by atoms with van der Waals surface area (Å²) in [5.41, 5.74) is 2.41. The zero-order chi connectivity index (χ0) is 18.9. The molecule has 0 bridgehead atoms. The number of carbonyl (C=O) groups is 1. The van der Waals surface area contributed by atoms with Crippen LogP contribution in [0, 0.1) is 6.92 Å². The normalized spacial score (nSPS) is 17.6. The minimum Gasteiger partial charge on any atom is -0.465 e. The predicted molar refractivity (Wildman–Crippen MR) is 96.4 cm³/mol. The topological polar surface area (TPSA) is 83.9 Å². The molecule has 1 atom stereocenters. The number of nitrogens with zero attached hydrogens (tertiary/aromatic N) is 1. The third kappa shape index (κ3) is 3.02. The molecule has 0 saturated heterocycles. The van der Waals surface area contributed by atoms with Gasteiger partial charge in [-0.05, 0) is 42.2 Å². The van der Waals surface area contributed by atoms with E-state index in [1.54, 1.807) is 6.92 Å². The maximum Gasteiger partial charge on any atom is 0.338 e. The first-order chi connectivity index (χ1) is 12.4. The van der Waals surface area contributed by atoms with Crippen LogP contribution in [0.1, 0.15) is 33.1 Å². The number of hydrogen-bond acceptors (Lipinski definition) is 5. The van der Waals surface area contributed by atoms with Crippen LogP contribution in [0.4, 0.5) is 0 Å². The molecule has 138 valence electrons. The summed E-state index contributed by atoms with van der Waals surface area (Å²) in [6.45, 7) is 1.55. The van der Waals surface area contributed by atoms with Crippen LogP contribution < -0.4 is 0 Å². The van der Waals surface area contributed by atoms with E-state index in [1.807, 2.05) is 24.3 Å². The first-order valence-electron chi connectivity index (χ1n) is 8.30. The van der Waals surface area contributed by atoms with Gasteiger partial charge in [0.25, 0.3) is 0 Å². The summed E-state index contributed by atoms with van der Waals surface area (Å²) in [5.74, 6) is -0.581. The molecular formula is C19H21NO5S. The molecule has 0 spiro atoms. The van der Waals surface area contributed by atoms with Gasteiger partial charge in [0.1, 0.15) is 0 Å². The van der Waals surface area contributed by atoms with Crippen LogP contribution in [-0.4, -0.2) is 44.1 Å². The molecule has 0 unspecified atom stereocenters. The molecule has 2 aromatic rings. The molecule has 0 aromatic heterocycles. The number of aliphatic hydroxyl groups excluding tert-OH is 1. The van der Waals surface area contributed by atoms with Crippen LogP contribution in [0.15, 0.2) is 47.4 Å². The summed E-state index contributed by atoms with van der Waals surface area (Å²) in [6, 6.07) is 11.4. The maximum absolute atomic E-state index is 13.3. The van der Waals surface area contributed by atoms with Gasteiger partial charge in [0, 0.05) is 6.54 Å². The summed E-state index contributed by atoms with van der Waals surface area (Å²) in [4.78, 5) is 12.0. The van der Waals surface area contributed by atoms with E-state index in [0.717, 1.165) is 11.1 Å². The molecule has 0 radical (unpaired) electrons. The molecule has 2 aromatic carbocycles. The molecule has 6 nitrogen and oxygen atoms in total. The van der Waals surface area contributed by atoms with Crippen LogP contribution in [0.2, 0.25) is 0 Å². The number of hydrogen-bond donors (Lipinski definition) is 1. The molecule has 3 rings (SSSR count). The average molecular weight is 375 g/mol. The van der Waals surface area contributed by atoms with Gasteiger partial charge >= 0.3 is 5.97 Å². The first-order valence-corrected chi connectivity index (χ1v) is 9.74. The van der Waals surface area contributed by atoms with Crippen LogP contribution in [-0.2, 0) is 21.2 Å². The largest absolute Gasteiger partial charge is 0.465 e. The SMILES string of the molecule is COC(=O)c1cccc(S(=O)(=O)N2CCc3ccccc3[C@H]2CO)c1C. The van der Waals surface area contributed by atoms with Gasteiger partial charge in [-0.3, -0.25) is 0 Å². The van der Waals surface area contributed by atoms with E-state index in [2.05, 4.69) is 0 Å². The number of aliphatic hydroxyl groups is 1. The Morgan fingerprint density at radius 1 is 1.23 bits per heavy atom. The highest BCUT2D eigenvalue weighted by molar-refractivity contribution is 7.89. The standard InChI is InChI=1S/C19H21NO5S/c1-13-15(19(22)25-2)8-5-9-18(13)26(23,24)20-11-10-14-6-3-4-7-16(14)17(20)12-21/h3-9,17,21H,10-12H2,1-2H3/t17-/m1/s1. The zero-order valence-electron chi connectivity index (χ0n) is 14.7. The third-order valence-corrected chi connectivity index (χ3v) is 6.86. The number of rotatable bonds is 4. The molecule has 1 heterocycles. The number of benzene rings is 2. The molecular weight excluding hydrogens is 354 g/mol. The van der Waals surface area contributed by atoms with Gasteiger partial charge < -0.3 is 9.84 Å². The van der Waals surface area contributed by atoms with Crippen LogP contribution in [0.5, 0.6) is 0 Å². The second kappa shape index (κ2) is 7.19.